The van der Waals surface area contributed by atoms with Crippen LogP contribution < -0.4 is 16.4 Å². The maximum absolute atomic E-state index is 11.9. The van der Waals surface area contributed by atoms with Gasteiger partial charge in [0.25, 0.3) is 5.91 Å². The molecule has 2 amide bonds. The second-order valence-corrected chi connectivity index (χ2v) is 4.12. The van der Waals surface area contributed by atoms with Crippen molar-refractivity contribution >= 4 is 17.6 Å². The monoisotopic (exact) mass is 236 g/mol. The fourth-order valence-corrected chi connectivity index (χ4v) is 1.13. The first-order chi connectivity index (χ1) is 7.86. The van der Waals surface area contributed by atoms with Crippen molar-refractivity contribution in [3.05, 3.63) is 23.9 Å². The largest absolute Gasteiger partial charge is 0.373 e. The number of hydrogen-bond acceptors (Lipinski definition) is 4. The van der Waals surface area contributed by atoms with Crippen LogP contribution in [0.25, 0.3) is 0 Å². The maximum atomic E-state index is 11.9. The third-order valence-corrected chi connectivity index (χ3v) is 2.32. The number of primary amides is 1. The van der Waals surface area contributed by atoms with Crippen LogP contribution in [0, 0.1) is 0 Å². The topological polar surface area (TPSA) is 97.1 Å². The Labute approximate surface area is 99.6 Å². The number of nitrogens with two attached hydrogens (primary N) is 1. The van der Waals surface area contributed by atoms with Gasteiger partial charge in [-0.3, -0.25) is 9.59 Å². The van der Waals surface area contributed by atoms with E-state index in [0.29, 0.717) is 11.4 Å². The zero-order valence-corrected chi connectivity index (χ0v) is 10.1. The normalized spacial score (nSPS) is 10.8. The average Bonchev–Trinajstić information content (AvgIpc) is 2.28. The molecule has 0 aromatic carbocycles. The van der Waals surface area contributed by atoms with Crippen LogP contribution in [0.4, 0.5) is 5.82 Å². The van der Waals surface area contributed by atoms with Crippen LogP contribution in [0.1, 0.15) is 24.2 Å². The van der Waals surface area contributed by atoms with E-state index in [0.717, 1.165) is 0 Å². The van der Waals surface area contributed by atoms with Gasteiger partial charge in [0, 0.05) is 18.8 Å². The highest BCUT2D eigenvalue weighted by Crippen LogP contribution is 2.08. The molecule has 0 aliphatic rings. The Kier molecular flexibility index (Phi) is 3.67. The second kappa shape index (κ2) is 4.82. The summed E-state index contributed by atoms with van der Waals surface area (Å²) in [5, 5.41) is 5.38. The van der Waals surface area contributed by atoms with Gasteiger partial charge in [-0.1, -0.05) is 0 Å². The van der Waals surface area contributed by atoms with Crippen molar-refractivity contribution in [3.8, 4) is 0 Å². The number of carbonyl (C=O) groups excluding carboxylic acids is 2. The summed E-state index contributed by atoms with van der Waals surface area (Å²) in [6, 6.07) is 3.15. The fourth-order valence-electron chi connectivity index (χ4n) is 1.13. The molecule has 6 heteroatoms. The standard InChI is InChI=1S/C11H16N4O2/c1-11(2,10(12)17)15-9(16)7-4-5-14-8(6-7)13-3/h4-6H,1-3H3,(H2,12,17)(H,13,14)(H,15,16). The zero-order valence-electron chi connectivity index (χ0n) is 10.1. The Balaban J connectivity index is 2.86. The maximum Gasteiger partial charge on any atom is 0.252 e. The molecule has 0 atom stereocenters. The van der Waals surface area contributed by atoms with Gasteiger partial charge >= 0.3 is 0 Å². The van der Waals surface area contributed by atoms with Crippen molar-refractivity contribution in [3.63, 3.8) is 0 Å². The van der Waals surface area contributed by atoms with Crippen molar-refractivity contribution < 1.29 is 9.59 Å². The highest BCUT2D eigenvalue weighted by Gasteiger charge is 2.27. The van der Waals surface area contributed by atoms with E-state index in [1.165, 1.54) is 6.20 Å². The van der Waals surface area contributed by atoms with Gasteiger partial charge < -0.3 is 16.4 Å². The van der Waals surface area contributed by atoms with Gasteiger partial charge in [0.15, 0.2) is 0 Å². The minimum Gasteiger partial charge on any atom is -0.373 e. The van der Waals surface area contributed by atoms with Crippen molar-refractivity contribution in [2.45, 2.75) is 19.4 Å². The summed E-state index contributed by atoms with van der Waals surface area (Å²) in [7, 11) is 1.71. The molecule has 0 aliphatic heterocycles. The smallest absolute Gasteiger partial charge is 0.252 e. The van der Waals surface area contributed by atoms with Crippen molar-refractivity contribution in [2.75, 3.05) is 12.4 Å². The van der Waals surface area contributed by atoms with E-state index in [1.807, 2.05) is 0 Å². The lowest BCUT2D eigenvalue weighted by Gasteiger charge is -2.22. The highest BCUT2D eigenvalue weighted by molar-refractivity contribution is 5.98. The molecule has 0 fully saturated rings. The number of carbonyl (C=O) groups is 2. The number of pyridine rings is 1. The van der Waals surface area contributed by atoms with Crippen LogP contribution in [0.3, 0.4) is 0 Å². The van der Waals surface area contributed by atoms with E-state index < -0.39 is 11.4 Å². The lowest BCUT2D eigenvalue weighted by Crippen LogP contribution is -2.53. The molecule has 0 unspecified atom stereocenters. The summed E-state index contributed by atoms with van der Waals surface area (Å²) in [6.07, 6.45) is 1.51. The number of hydrogen-bond donors (Lipinski definition) is 3. The quantitative estimate of drug-likeness (QED) is 0.691. The lowest BCUT2D eigenvalue weighted by molar-refractivity contribution is -0.122. The Morgan fingerprint density at radius 3 is 2.59 bits per heavy atom. The number of amides is 2. The second-order valence-electron chi connectivity index (χ2n) is 4.12. The van der Waals surface area contributed by atoms with Crippen molar-refractivity contribution in [1.29, 1.82) is 0 Å². The predicted molar refractivity (Wildman–Crippen MR) is 64.5 cm³/mol. The third-order valence-electron chi connectivity index (χ3n) is 2.32. The van der Waals surface area contributed by atoms with Crippen LogP contribution in [-0.2, 0) is 4.79 Å². The number of nitrogens with zero attached hydrogens (tertiary/aromatic N) is 1. The minimum atomic E-state index is -1.08. The third kappa shape index (κ3) is 3.17. The minimum absolute atomic E-state index is 0.368. The van der Waals surface area contributed by atoms with Gasteiger partial charge in [-0.2, -0.15) is 0 Å². The van der Waals surface area contributed by atoms with Gasteiger partial charge in [0.2, 0.25) is 5.91 Å². The first-order valence-corrected chi connectivity index (χ1v) is 5.13. The summed E-state index contributed by atoms with van der Waals surface area (Å²) in [4.78, 5) is 26.9. The van der Waals surface area contributed by atoms with Crippen molar-refractivity contribution in [1.82, 2.24) is 10.3 Å². The van der Waals surface area contributed by atoms with Crippen molar-refractivity contribution in [2.24, 2.45) is 5.73 Å². The molecule has 6 nitrogen and oxygen atoms in total. The fraction of sp³-hybridized carbons (Fsp3) is 0.364. The van der Waals surface area contributed by atoms with Crippen LogP contribution in [0.5, 0.6) is 0 Å². The van der Waals surface area contributed by atoms with Crippen LogP contribution in [0.15, 0.2) is 18.3 Å². The first kappa shape index (κ1) is 13.0. The molecule has 0 spiro atoms. The SMILES string of the molecule is CNc1cc(C(=O)NC(C)(C)C(N)=O)ccn1. The molecular formula is C11H16N4O2. The van der Waals surface area contributed by atoms with E-state index >= 15 is 0 Å². The summed E-state index contributed by atoms with van der Waals surface area (Å²) in [5.74, 6) is -0.379. The number of anilines is 1. The molecule has 1 aromatic rings. The summed E-state index contributed by atoms with van der Waals surface area (Å²) >= 11 is 0. The van der Waals surface area contributed by atoms with Gasteiger partial charge in [0.05, 0.1) is 0 Å². The average molecular weight is 236 g/mol. The Bertz CT molecular complexity index is 443. The van der Waals surface area contributed by atoms with E-state index in [9.17, 15) is 9.59 Å². The molecule has 1 rings (SSSR count). The number of nitrogens with one attached hydrogen (secondary N) is 2. The molecule has 1 heterocycles. The summed E-state index contributed by atoms with van der Waals surface area (Å²) < 4.78 is 0. The van der Waals surface area contributed by atoms with E-state index in [-0.39, 0.29) is 5.91 Å². The predicted octanol–water partition coefficient (Wildman–Crippen LogP) is 0.117. The molecule has 0 saturated carbocycles. The highest BCUT2D eigenvalue weighted by atomic mass is 16.2. The molecule has 0 bridgehead atoms. The van der Waals surface area contributed by atoms with Crippen LogP contribution in [0.2, 0.25) is 0 Å². The number of rotatable bonds is 4. The van der Waals surface area contributed by atoms with Gasteiger partial charge in [0.1, 0.15) is 11.4 Å². The molecule has 17 heavy (non-hydrogen) atoms. The number of aromatic nitrogens is 1. The Morgan fingerprint density at radius 2 is 2.06 bits per heavy atom. The summed E-state index contributed by atoms with van der Waals surface area (Å²) in [5.41, 5.74) is 4.51. The van der Waals surface area contributed by atoms with E-state index in [4.69, 9.17) is 5.73 Å². The Morgan fingerprint density at radius 1 is 1.41 bits per heavy atom. The van der Waals surface area contributed by atoms with E-state index in [2.05, 4.69) is 15.6 Å². The first-order valence-electron chi connectivity index (χ1n) is 5.13. The molecule has 0 saturated heterocycles. The summed E-state index contributed by atoms with van der Waals surface area (Å²) in [6.45, 7) is 3.10. The molecule has 0 aliphatic carbocycles. The van der Waals surface area contributed by atoms with Crippen LogP contribution >= 0.6 is 0 Å². The zero-order chi connectivity index (χ0) is 13.1. The van der Waals surface area contributed by atoms with E-state index in [1.54, 1.807) is 33.0 Å². The van der Waals surface area contributed by atoms with Gasteiger partial charge in [-0.05, 0) is 26.0 Å². The molecule has 0 radical (unpaired) electrons. The molecule has 92 valence electrons. The van der Waals surface area contributed by atoms with Gasteiger partial charge in [-0.15, -0.1) is 0 Å². The molecular weight excluding hydrogens is 220 g/mol. The lowest BCUT2D eigenvalue weighted by atomic mass is 10.0. The van der Waals surface area contributed by atoms with Crippen LogP contribution in [-0.4, -0.2) is 29.4 Å². The Hall–Kier alpha value is -2.11. The molecule has 4 N–H and O–H groups in total. The molecule has 1 aromatic heterocycles. The van der Waals surface area contributed by atoms with Gasteiger partial charge in [-0.25, -0.2) is 4.98 Å².